The molecule has 0 N–H and O–H groups in total. The quantitative estimate of drug-likeness (QED) is 0.206. The van der Waals surface area contributed by atoms with Crippen molar-refractivity contribution in [3.63, 3.8) is 0 Å². The molecule has 5 heteroatoms. The topological polar surface area (TPSA) is 59.4 Å². The zero-order valence-corrected chi connectivity index (χ0v) is 24.7. The first-order valence-corrected chi connectivity index (χ1v) is 15.2. The molecule has 214 valence electrons. The van der Waals surface area contributed by atoms with E-state index in [0.717, 1.165) is 44.2 Å². The average Bonchev–Trinajstić information content (AvgIpc) is 3.64. The second kappa shape index (κ2) is 10.3. The summed E-state index contributed by atoms with van der Waals surface area (Å²) in [7, 11) is 0. The first kappa shape index (κ1) is 25.9. The van der Waals surface area contributed by atoms with Crippen molar-refractivity contribution in [3.8, 4) is 40.1 Å². The fourth-order valence-corrected chi connectivity index (χ4v) is 6.72. The Labute approximate surface area is 264 Å². The standard InChI is InChI=1S/C41H25N5/c42-26-30-25-36(27-11-3-1-4-12-27)44-41(43-30)46-38-18-10-7-15-32(38)34-21-19-29(24-40(34)46)28-20-22-39-35(23-28)33-16-8-9-17-37(33)45(39)31-13-5-2-6-14-31/h1-25H. The molecule has 0 spiro atoms. The minimum atomic E-state index is 0.325. The number of nitrogens with zero attached hydrogens (tertiary/aromatic N) is 5. The van der Waals surface area contributed by atoms with Crippen molar-refractivity contribution in [1.29, 1.82) is 5.26 Å². The Kier molecular flexibility index (Phi) is 5.81. The minimum Gasteiger partial charge on any atom is -0.309 e. The number of rotatable bonds is 4. The van der Waals surface area contributed by atoms with Gasteiger partial charge in [0.05, 0.1) is 27.8 Å². The smallest absolute Gasteiger partial charge is 0.236 e. The van der Waals surface area contributed by atoms with Crippen LogP contribution in [0, 0.1) is 11.3 Å². The molecule has 0 bridgehead atoms. The van der Waals surface area contributed by atoms with E-state index in [1.165, 1.54) is 21.8 Å². The fourth-order valence-electron chi connectivity index (χ4n) is 6.72. The van der Waals surface area contributed by atoms with Gasteiger partial charge >= 0.3 is 0 Å². The maximum atomic E-state index is 9.94. The second-order valence-corrected chi connectivity index (χ2v) is 11.4. The molecule has 0 aliphatic heterocycles. The van der Waals surface area contributed by atoms with Crippen LogP contribution in [-0.2, 0) is 0 Å². The molecule has 0 fully saturated rings. The van der Waals surface area contributed by atoms with E-state index in [1.54, 1.807) is 6.07 Å². The minimum absolute atomic E-state index is 0.325. The molecule has 5 nitrogen and oxygen atoms in total. The van der Waals surface area contributed by atoms with E-state index in [9.17, 15) is 5.26 Å². The summed E-state index contributed by atoms with van der Waals surface area (Å²) in [6.45, 7) is 0. The summed E-state index contributed by atoms with van der Waals surface area (Å²) in [5, 5.41) is 14.6. The van der Waals surface area contributed by atoms with E-state index in [-0.39, 0.29) is 0 Å². The van der Waals surface area contributed by atoms with Crippen LogP contribution in [0.5, 0.6) is 0 Å². The molecule has 0 radical (unpaired) electrons. The van der Waals surface area contributed by atoms with E-state index in [4.69, 9.17) is 9.97 Å². The van der Waals surface area contributed by atoms with Crippen LogP contribution in [0.3, 0.4) is 0 Å². The molecule has 0 unspecified atom stereocenters. The Morgan fingerprint density at radius 2 is 1.02 bits per heavy atom. The van der Waals surface area contributed by atoms with Gasteiger partial charge in [0.1, 0.15) is 11.8 Å². The van der Waals surface area contributed by atoms with Gasteiger partial charge < -0.3 is 4.57 Å². The summed E-state index contributed by atoms with van der Waals surface area (Å²) < 4.78 is 4.42. The van der Waals surface area contributed by atoms with Gasteiger partial charge in [0, 0.05) is 38.9 Å². The summed E-state index contributed by atoms with van der Waals surface area (Å²) in [4.78, 5) is 9.72. The van der Waals surface area contributed by atoms with Gasteiger partial charge in [0.25, 0.3) is 0 Å². The summed E-state index contributed by atoms with van der Waals surface area (Å²) in [6, 6.07) is 54.7. The van der Waals surface area contributed by atoms with Crippen LogP contribution in [0.1, 0.15) is 5.69 Å². The predicted octanol–water partition coefficient (Wildman–Crippen LogP) is 9.88. The van der Waals surface area contributed by atoms with Crippen molar-refractivity contribution in [3.05, 3.63) is 157 Å². The lowest BCUT2D eigenvalue weighted by Crippen LogP contribution is -2.04. The molecule has 3 heterocycles. The maximum Gasteiger partial charge on any atom is 0.236 e. The fraction of sp³-hybridized carbons (Fsp3) is 0. The normalized spacial score (nSPS) is 11.5. The molecule has 9 rings (SSSR count). The first-order valence-electron chi connectivity index (χ1n) is 15.2. The van der Waals surface area contributed by atoms with E-state index in [2.05, 4.69) is 124 Å². The molecule has 0 saturated carbocycles. The van der Waals surface area contributed by atoms with Gasteiger partial charge in [0.2, 0.25) is 5.95 Å². The molecule has 9 aromatic rings. The highest BCUT2D eigenvalue weighted by Crippen LogP contribution is 2.38. The third kappa shape index (κ3) is 4.02. The van der Waals surface area contributed by atoms with Gasteiger partial charge in [-0.25, -0.2) is 9.97 Å². The highest BCUT2D eigenvalue weighted by atomic mass is 15.2. The van der Waals surface area contributed by atoms with Crippen LogP contribution >= 0.6 is 0 Å². The lowest BCUT2D eigenvalue weighted by atomic mass is 10.0. The SMILES string of the molecule is N#Cc1cc(-c2ccccc2)nc(-n2c3ccccc3c3ccc(-c4ccc5c(c4)c4ccccc4n5-c4ccccc4)cc32)n1. The van der Waals surface area contributed by atoms with Gasteiger partial charge in [-0.05, 0) is 53.6 Å². The van der Waals surface area contributed by atoms with Crippen molar-refractivity contribution >= 4 is 43.6 Å². The summed E-state index contributed by atoms with van der Waals surface area (Å²) >= 11 is 0. The van der Waals surface area contributed by atoms with E-state index < -0.39 is 0 Å². The van der Waals surface area contributed by atoms with E-state index in [1.807, 2.05) is 36.4 Å². The Bertz CT molecular complexity index is 2640. The van der Waals surface area contributed by atoms with Crippen molar-refractivity contribution in [2.75, 3.05) is 0 Å². The zero-order valence-electron chi connectivity index (χ0n) is 24.7. The van der Waals surface area contributed by atoms with Crippen LogP contribution in [0.15, 0.2) is 152 Å². The van der Waals surface area contributed by atoms with Crippen molar-refractivity contribution in [2.45, 2.75) is 0 Å². The third-order valence-electron chi connectivity index (χ3n) is 8.79. The van der Waals surface area contributed by atoms with Gasteiger partial charge in [-0.1, -0.05) is 103 Å². The summed E-state index contributed by atoms with van der Waals surface area (Å²) in [5.74, 6) is 0.475. The van der Waals surface area contributed by atoms with Gasteiger partial charge in [0.15, 0.2) is 0 Å². The van der Waals surface area contributed by atoms with Crippen LogP contribution in [0.4, 0.5) is 0 Å². The van der Waals surface area contributed by atoms with Crippen LogP contribution in [-0.4, -0.2) is 19.1 Å². The molecule has 3 aromatic heterocycles. The van der Waals surface area contributed by atoms with Crippen molar-refractivity contribution in [2.24, 2.45) is 0 Å². The van der Waals surface area contributed by atoms with Gasteiger partial charge in [-0.15, -0.1) is 0 Å². The van der Waals surface area contributed by atoms with Crippen molar-refractivity contribution in [1.82, 2.24) is 19.1 Å². The highest BCUT2D eigenvalue weighted by Gasteiger charge is 2.18. The Morgan fingerprint density at radius 3 is 1.78 bits per heavy atom. The molecule has 46 heavy (non-hydrogen) atoms. The lowest BCUT2D eigenvalue weighted by Gasteiger charge is -2.10. The summed E-state index contributed by atoms with van der Waals surface area (Å²) in [5.41, 5.74) is 9.66. The first-order chi connectivity index (χ1) is 22.8. The van der Waals surface area contributed by atoms with E-state index >= 15 is 0 Å². The maximum absolute atomic E-state index is 9.94. The van der Waals surface area contributed by atoms with E-state index in [0.29, 0.717) is 17.3 Å². The van der Waals surface area contributed by atoms with Gasteiger partial charge in [-0.2, -0.15) is 5.26 Å². The largest absolute Gasteiger partial charge is 0.309 e. The number of hydrogen-bond acceptors (Lipinski definition) is 3. The molecule has 6 aromatic carbocycles. The van der Waals surface area contributed by atoms with Crippen molar-refractivity contribution < 1.29 is 0 Å². The number of nitriles is 1. The molecule has 0 amide bonds. The molecular formula is C41H25N5. The third-order valence-corrected chi connectivity index (χ3v) is 8.79. The molecule has 0 saturated heterocycles. The second-order valence-electron chi connectivity index (χ2n) is 11.4. The molecular weight excluding hydrogens is 562 g/mol. The summed E-state index contributed by atoms with van der Waals surface area (Å²) in [6.07, 6.45) is 0. The van der Waals surface area contributed by atoms with Crippen LogP contribution in [0.25, 0.3) is 77.6 Å². The number of aromatic nitrogens is 4. The Balaban J connectivity index is 1.27. The monoisotopic (exact) mass is 587 g/mol. The number of para-hydroxylation sites is 3. The van der Waals surface area contributed by atoms with Crippen LogP contribution < -0.4 is 0 Å². The Morgan fingerprint density at radius 1 is 0.435 bits per heavy atom. The molecule has 0 atom stereocenters. The highest BCUT2D eigenvalue weighted by molar-refractivity contribution is 6.12. The predicted molar refractivity (Wildman–Crippen MR) is 186 cm³/mol. The number of hydrogen-bond donors (Lipinski definition) is 0. The zero-order chi connectivity index (χ0) is 30.6. The van der Waals surface area contributed by atoms with Crippen LogP contribution in [0.2, 0.25) is 0 Å². The lowest BCUT2D eigenvalue weighted by molar-refractivity contribution is 0.982. The number of benzene rings is 6. The molecule has 0 aliphatic carbocycles. The van der Waals surface area contributed by atoms with Gasteiger partial charge in [-0.3, -0.25) is 4.57 Å². The number of fused-ring (bicyclic) bond motifs is 6. The average molecular weight is 588 g/mol. The molecule has 0 aliphatic rings. The Hall–Kier alpha value is -6.51.